The number of amides is 2. The van der Waals surface area contributed by atoms with Crippen LogP contribution >= 0.6 is 0 Å². The van der Waals surface area contributed by atoms with Crippen molar-refractivity contribution in [3.05, 3.63) is 65.2 Å². The molecule has 2 amide bonds. The van der Waals surface area contributed by atoms with Crippen LogP contribution in [-0.2, 0) is 14.8 Å². The molecule has 0 aliphatic rings. The molecular weight excluding hydrogens is 546 g/mol. The molecule has 1 aromatic heterocycles. The lowest BCUT2D eigenvalue weighted by Crippen LogP contribution is -2.40. The van der Waals surface area contributed by atoms with E-state index in [4.69, 9.17) is 9.47 Å². The molecule has 0 unspecified atom stereocenters. The second kappa shape index (κ2) is 12.5. The first-order chi connectivity index (χ1) is 19.1. The molecule has 0 aliphatic carbocycles. The zero-order chi connectivity index (χ0) is 30.5. The number of sulfonamides is 1. The van der Waals surface area contributed by atoms with Gasteiger partial charge in [-0.2, -0.15) is 4.98 Å². The van der Waals surface area contributed by atoms with E-state index in [0.29, 0.717) is 5.69 Å². The summed E-state index contributed by atoms with van der Waals surface area (Å²) in [5.74, 6) is -0.382. The summed E-state index contributed by atoms with van der Waals surface area (Å²) in [7, 11) is 0.427. The van der Waals surface area contributed by atoms with E-state index >= 15 is 0 Å². The highest BCUT2D eigenvalue weighted by Crippen LogP contribution is 2.29. The van der Waals surface area contributed by atoms with Gasteiger partial charge in [-0.15, -0.1) is 0 Å². The fraction of sp³-hybridized carbons (Fsp3) is 0.379. The number of aryl methyl sites for hydroxylation is 2. The lowest BCUT2D eigenvalue weighted by atomic mass is 10.00. The van der Waals surface area contributed by atoms with Crippen LogP contribution in [-0.4, -0.2) is 80.1 Å². The molecule has 0 saturated carbocycles. The van der Waals surface area contributed by atoms with Crippen molar-refractivity contribution in [1.29, 1.82) is 0 Å². The number of nitrogens with zero attached hydrogens (tertiary/aromatic N) is 4. The monoisotopic (exact) mass is 583 g/mol. The highest BCUT2D eigenvalue weighted by atomic mass is 32.2. The van der Waals surface area contributed by atoms with E-state index in [0.717, 1.165) is 16.7 Å². The summed E-state index contributed by atoms with van der Waals surface area (Å²) in [6, 6.07) is 13.1. The van der Waals surface area contributed by atoms with E-state index in [-0.39, 0.29) is 35.4 Å². The van der Waals surface area contributed by atoms with Crippen LogP contribution in [0.4, 0.5) is 10.7 Å². The third-order valence-corrected chi connectivity index (χ3v) is 7.41. The van der Waals surface area contributed by atoms with E-state index in [1.807, 2.05) is 32.0 Å². The van der Waals surface area contributed by atoms with Gasteiger partial charge in [-0.1, -0.05) is 24.3 Å². The number of nitrogens with one attached hydrogen (secondary N) is 1. The molecule has 0 spiro atoms. The smallest absolute Gasteiger partial charge is 0.410 e. The maximum absolute atomic E-state index is 13.3. The maximum Gasteiger partial charge on any atom is 0.410 e. The van der Waals surface area contributed by atoms with E-state index in [1.165, 1.54) is 41.2 Å². The zero-order valence-corrected chi connectivity index (χ0v) is 25.5. The summed E-state index contributed by atoms with van der Waals surface area (Å²) in [6.07, 6.45) is -0.502. The number of carbonyl (C=O) groups is 2. The molecule has 2 aromatic carbocycles. The molecule has 0 bridgehead atoms. The topological polar surface area (TPSA) is 131 Å². The molecule has 0 saturated heterocycles. The lowest BCUT2D eigenvalue weighted by Gasteiger charge is -2.26. The van der Waals surface area contributed by atoms with Gasteiger partial charge in [0.05, 0.1) is 17.7 Å². The van der Waals surface area contributed by atoms with Crippen molar-refractivity contribution in [3.8, 4) is 17.1 Å². The maximum atomic E-state index is 13.3. The SMILES string of the molecule is COc1cc(-c2c(C)cccc2C)nc(NS(=O)(=O)c2cccc(C(=O)N(C)CCN(C)C(=O)OC(C)(C)C)c2)n1. The fourth-order valence-electron chi connectivity index (χ4n) is 3.95. The second-order valence-corrected chi connectivity index (χ2v) is 12.3. The van der Waals surface area contributed by atoms with Gasteiger partial charge in [0.15, 0.2) is 0 Å². The number of aromatic nitrogens is 2. The minimum absolute atomic E-state index is 0.136. The van der Waals surface area contributed by atoms with Gasteiger partial charge < -0.3 is 19.3 Å². The van der Waals surface area contributed by atoms with Gasteiger partial charge in [0.1, 0.15) is 5.60 Å². The first-order valence-corrected chi connectivity index (χ1v) is 14.4. The van der Waals surface area contributed by atoms with E-state index in [9.17, 15) is 18.0 Å². The van der Waals surface area contributed by atoms with Crippen molar-refractivity contribution in [3.63, 3.8) is 0 Å². The van der Waals surface area contributed by atoms with Crippen molar-refractivity contribution in [2.75, 3.05) is 39.0 Å². The molecule has 1 heterocycles. The molecule has 220 valence electrons. The number of likely N-dealkylation sites (N-methyl/N-ethyl adjacent to an activating group) is 2. The van der Waals surface area contributed by atoms with Crippen LogP contribution < -0.4 is 9.46 Å². The lowest BCUT2D eigenvalue weighted by molar-refractivity contribution is 0.0283. The molecule has 0 atom stereocenters. The predicted octanol–water partition coefficient (Wildman–Crippen LogP) is 4.51. The van der Waals surface area contributed by atoms with Crippen molar-refractivity contribution < 1.29 is 27.5 Å². The summed E-state index contributed by atoms with van der Waals surface area (Å²) in [5.41, 5.74) is 2.82. The quantitative estimate of drug-likeness (QED) is 0.389. The average molecular weight is 584 g/mol. The molecule has 0 radical (unpaired) electrons. The van der Waals surface area contributed by atoms with Crippen LogP contribution in [0.15, 0.2) is 53.4 Å². The number of hydrogen-bond donors (Lipinski definition) is 1. The molecule has 12 heteroatoms. The first kappa shape index (κ1) is 31.3. The Balaban J connectivity index is 1.79. The fourth-order valence-corrected chi connectivity index (χ4v) is 4.94. The van der Waals surface area contributed by atoms with Crippen molar-refractivity contribution in [1.82, 2.24) is 19.8 Å². The van der Waals surface area contributed by atoms with Gasteiger partial charge in [0.25, 0.3) is 15.9 Å². The Labute approximate surface area is 241 Å². The number of methoxy groups -OCH3 is 1. The van der Waals surface area contributed by atoms with Crippen molar-refractivity contribution >= 4 is 28.0 Å². The Kier molecular flexibility index (Phi) is 9.59. The standard InChI is InChI=1S/C29H37N5O6S/c1-19-11-9-12-20(2)25(19)23-18-24(39-8)31-27(30-23)32-41(37,38)22-14-10-13-21(17-22)26(35)33(6)15-16-34(7)28(36)40-29(3,4)5/h9-14,17-18H,15-16H2,1-8H3,(H,30,31,32). The Hall–Kier alpha value is -4.19. The predicted molar refractivity (Wildman–Crippen MR) is 157 cm³/mol. The van der Waals surface area contributed by atoms with Crippen molar-refractivity contribution in [2.24, 2.45) is 0 Å². The number of carbonyl (C=O) groups excluding carboxylic acids is 2. The van der Waals surface area contributed by atoms with Gasteiger partial charge in [-0.05, 0) is 63.9 Å². The zero-order valence-electron chi connectivity index (χ0n) is 24.7. The number of rotatable bonds is 9. The van der Waals surface area contributed by atoms with Crippen LogP contribution in [0.25, 0.3) is 11.3 Å². The minimum atomic E-state index is -4.16. The van der Waals surface area contributed by atoms with Crippen molar-refractivity contribution in [2.45, 2.75) is 45.1 Å². The molecule has 11 nitrogen and oxygen atoms in total. The van der Waals surface area contributed by atoms with Crippen LogP contribution in [0.1, 0.15) is 42.3 Å². The van der Waals surface area contributed by atoms with Gasteiger partial charge in [-0.25, -0.2) is 22.9 Å². The van der Waals surface area contributed by atoms with Crippen LogP contribution in [0, 0.1) is 13.8 Å². The van der Waals surface area contributed by atoms with E-state index < -0.39 is 27.6 Å². The molecule has 41 heavy (non-hydrogen) atoms. The normalized spacial score (nSPS) is 11.5. The Bertz CT molecular complexity index is 1510. The van der Waals surface area contributed by atoms with Crippen LogP contribution in [0.2, 0.25) is 0 Å². The van der Waals surface area contributed by atoms with E-state index in [1.54, 1.807) is 40.9 Å². The van der Waals surface area contributed by atoms with Gasteiger partial charge in [-0.3, -0.25) is 4.79 Å². The number of benzene rings is 2. The molecule has 0 aliphatic heterocycles. The molecular formula is C29H37N5O6S. The van der Waals surface area contributed by atoms with Crippen LogP contribution in [0.3, 0.4) is 0 Å². The number of hydrogen-bond acceptors (Lipinski definition) is 8. The Morgan fingerprint density at radius 1 is 0.927 bits per heavy atom. The van der Waals surface area contributed by atoms with Gasteiger partial charge in [0.2, 0.25) is 11.8 Å². The Morgan fingerprint density at radius 3 is 2.15 bits per heavy atom. The highest BCUT2D eigenvalue weighted by molar-refractivity contribution is 7.92. The molecule has 3 aromatic rings. The van der Waals surface area contributed by atoms with Crippen LogP contribution in [0.5, 0.6) is 5.88 Å². The largest absolute Gasteiger partial charge is 0.481 e. The van der Waals surface area contributed by atoms with E-state index in [2.05, 4.69) is 14.7 Å². The average Bonchev–Trinajstić information content (AvgIpc) is 2.89. The molecule has 0 fully saturated rings. The molecule has 3 rings (SSSR count). The minimum Gasteiger partial charge on any atom is -0.481 e. The third kappa shape index (κ3) is 8.16. The first-order valence-electron chi connectivity index (χ1n) is 12.9. The summed E-state index contributed by atoms with van der Waals surface area (Å²) in [5, 5.41) is 0. The van der Waals surface area contributed by atoms with Gasteiger partial charge >= 0.3 is 6.09 Å². The summed E-state index contributed by atoms with van der Waals surface area (Å²) in [6.45, 7) is 9.64. The number of anilines is 1. The molecule has 1 N–H and O–H groups in total. The third-order valence-electron chi connectivity index (χ3n) is 6.09. The van der Waals surface area contributed by atoms with Gasteiger partial charge in [0, 0.05) is 44.4 Å². The summed E-state index contributed by atoms with van der Waals surface area (Å²) >= 11 is 0. The highest BCUT2D eigenvalue weighted by Gasteiger charge is 2.23. The summed E-state index contributed by atoms with van der Waals surface area (Å²) < 4.78 is 39.7. The Morgan fingerprint density at radius 2 is 1.54 bits per heavy atom. The second-order valence-electron chi connectivity index (χ2n) is 10.6. The number of ether oxygens (including phenoxy) is 2. The summed E-state index contributed by atoms with van der Waals surface area (Å²) in [4.78, 5) is 36.5.